The van der Waals surface area contributed by atoms with Crippen LogP contribution in [0.25, 0.3) is 0 Å². The predicted octanol–water partition coefficient (Wildman–Crippen LogP) is 2.01. The van der Waals surface area contributed by atoms with E-state index >= 15 is 0 Å². The van der Waals surface area contributed by atoms with Crippen LogP contribution in [0.5, 0.6) is 5.75 Å². The van der Waals surface area contributed by atoms with E-state index in [4.69, 9.17) is 5.11 Å². The number of rotatable bonds is 1. The monoisotopic (exact) mass is 156 g/mol. The van der Waals surface area contributed by atoms with Gasteiger partial charge in [-0.25, -0.2) is 10.9 Å². The van der Waals surface area contributed by atoms with Crippen LogP contribution in [0.1, 0.15) is 0 Å². The van der Waals surface area contributed by atoms with E-state index in [0.717, 1.165) is 0 Å². The lowest BCUT2D eigenvalue weighted by Crippen LogP contribution is -1.75. The fourth-order valence-corrected chi connectivity index (χ4v) is 1.50. The second-order valence-electron chi connectivity index (χ2n) is 2.41. The van der Waals surface area contributed by atoms with Gasteiger partial charge in [-0.2, -0.15) is 0 Å². The topological polar surface area (TPSA) is 20.2 Å². The standard InChI is InChI=1S/C8H12OS/c1-10(2)8-5-3-7(9)4-6-8/h3-6,9-10H,1-2H3. The Kier molecular flexibility index (Phi) is 2.22. The van der Waals surface area contributed by atoms with Crippen LogP contribution >= 0.6 is 10.9 Å². The molecule has 0 aromatic heterocycles. The van der Waals surface area contributed by atoms with Crippen LogP contribution in [0.3, 0.4) is 0 Å². The highest BCUT2D eigenvalue weighted by molar-refractivity contribution is 8.15. The Bertz CT molecular complexity index is 203. The summed E-state index contributed by atoms with van der Waals surface area (Å²) in [6, 6.07) is 7.41. The van der Waals surface area contributed by atoms with Gasteiger partial charge >= 0.3 is 0 Å². The first-order valence-electron chi connectivity index (χ1n) is 3.16. The second-order valence-corrected chi connectivity index (χ2v) is 4.72. The van der Waals surface area contributed by atoms with Crippen molar-refractivity contribution >= 4 is 10.9 Å². The number of benzene rings is 1. The van der Waals surface area contributed by atoms with Crippen LogP contribution in [0.2, 0.25) is 0 Å². The molecule has 0 aliphatic carbocycles. The maximum atomic E-state index is 8.95. The first kappa shape index (κ1) is 7.48. The lowest BCUT2D eigenvalue weighted by molar-refractivity contribution is 0.475. The number of phenols is 1. The SMILES string of the molecule is C[SH](C)c1ccc(O)cc1. The molecule has 0 saturated heterocycles. The van der Waals surface area contributed by atoms with E-state index in [0.29, 0.717) is 5.75 Å². The van der Waals surface area contributed by atoms with Crippen molar-refractivity contribution in [3.05, 3.63) is 24.3 Å². The Morgan fingerprint density at radius 3 is 2.00 bits per heavy atom. The van der Waals surface area contributed by atoms with Crippen LogP contribution in [0, 0.1) is 0 Å². The maximum absolute atomic E-state index is 8.95. The van der Waals surface area contributed by atoms with Gasteiger partial charge in [0.25, 0.3) is 0 Å². The molecular formula is C8H12OS. The van der Waals surface area contributed by atoms with Crippen molar-refractivity contribution in [3.8, 4) is 5.75 Å². The highest BCUT2D eigenvalue weighted by Gasteiger charge is 1.92. The average Bonchev–Trinajstić information content (AvgIpc) is 1.88. The first-order valence-corrected chi connectivity index (χ1v) is 5.40. The summed E-state index contributed by atoms with van der Waals surface area (Å²) in [4.78, 5) is 1.33. The van der Waals surface area contributed by atoms with Crippen molar-refractivity contribution in [2.24, 2.45) is 0 Å². The molecule has 56 valence electrons. The molecule has 1 aromatic carbocycles. The van der Waals surface area contributed by atoms with Crippen LogP contribution in [-0.4, -0.2) is 17.6 Å². The van der Waals surface area contributed by atoms with E-state index in [1.54, 1.807) is 12.1 Å². The van der Waals surface area contributed by atoms with Crippen LogP contribution in [0.15, 0.2) is 29.2 Å². The molecule has 0 saturated carbocycles. The van der Waals surface area contributed by atoms with Crippen LogP contribution in [0.4, 0.5) is 0 Å². The highest BCUT2D eigenvalue weighted by Crippen LogP contribution is 2.28. The van der Waals surface area contributed by atoms with Crippen LogP contribution < -0.4 is 0 Å². The van der Waals surface area contributed by atoms with Gasteiger partial charge in [-0.05, 0) is 41.7 Å². The lowest BCUT2D eigenvalue weighted by Gasteiger charge is -2.07. The van der Waals surface area contributed by atoms with E-state index in [1.807, 2.05) is 12.1 Å². The molecule has 1 N–H and O–H groups in total. The summed E-state index contributed by atoms with van der Waals surface area (Å²) in [5.41, 5.74) is 0. The molecule has 0 heterocycles. The molecule has 1 nitrogen and oxygen atoms in total. The summed E-state index contributed by atoms with van der Waals surface area (Å²) in [7, 11) is -0.0191. The van der Waals surface area contributed by atoms with E-state index in [2.05, 4.69) is 12.5 Å². The quantitative estimate of drug-likeness (QED) is 0.596. The molecule has 2 heteroatoms. The summed E-state index contributed by atoms with van der Waals surface area (Å²) < 4.78 is 0. The van der Waals surface area contributed by atoms with Crippen LogP contribution in [-0.2, 0) is 0 Å². The van der Waals surface area contributed by atoms with Gasteiger partial charge < -0.3 is 5.11 Å². The van der Waals surface area contributed by atoms with E-state index in [-0.39, 0.29) is 10.9 Å². The minimum absolute atomic E-state index is 0.0191. The Morgan fingerprint density at radius 1 is 1.10 bits per heavy atom. The average molecular weight is 156 g/mol. The molecule has 0 atom stereocenters. The molecular weight excluding hydrogens is 144 g/mol. The number of hydrogen-bond acceptors (Lipinski definition) is 1. The zero-order valence-corrected chi connectivity index (χ0v) is 7.10. The summed E-state index contributed by atoms with van der Waals surface area (Å²) in [5, 5.41) is 8.95. The summed E-state index contributed by atoms with van der Waals surface area (Å²) in [6.45, 7) is 0. The Balaban J connectivity index is 2.89. The van der Waals surface area contributed by atoms with Gasteiger partial charge in [-0.1, -0.05) is 0 Å². The smallest absolute Gasteiger partial charge is 0.115 e. The third-order valence-corrected chi connectivity index (χ3v) is 2.70. The molecule has 10 heavy (non-hydrogen) atoms. The fraction of sp³-hybridized carbons (Fsp3) is 0.250. The molecule has 0 unspecified atom stereocenters. The molecule has 0 amide bonds. The largest absolute Gasteiger partial charge is 0.508 e. The molecule has 1 aromatic rings. The highest BCUT2D eigenvalue weighted by atomic mass is 32.2. The Morgan fingerprint density at radius 2 is 1.60 bits per heavy atom. The normalized spacial score (nSPS) is 11.2. The van der Waals surface area contributed by atoms with Crippen molar-refractivity contribution < 1.29 is 5.11 Å². The summed E-state index contributed by atoms with van der Waals surface area (Å²) in [5.74, 6) is 0.348. The van der Waals surface area contributed by atoms with Gasteiger partial charge in [0.15, 0.2) is 0 Å². The minimum atomic E-state index is -0.0191. The zero-order chi connectivity index (χ0) is 7.56. The van der Waals surface area contributed by atoms with Crippen molar-refractivity contribution in [2.45, 2.75) is 4.90 Å². The lowest BCUT2D eigenvalue weighted by atomic mass is 10.3. The van der Waals surface area contributed by atoms with E-state index < -0.39 is 0 Å². The van der Waals surface area contributed by atoms with Gasteiger partial charge in [-0.3, -0.25) is 0 Å². The minimum Gasteiger partial charge on any atom is -0.508 e. The number of aromatic hydroxyl groups is 1. The van der Waals surface area contributed by atoms with Crippen molar-refractivity contribution in [1.29, 1.82) is 0 Å². The molecule has 0 aliphatic rings. The summed E-state index contributed by atoms with van der Waals surface area (Å²) >= 11 is 0. The van der Waals surface area contributed by atoms with Gasteiger partial charge in [0.2, 0.25) is 0 Å². The number of thiol groups is 1. The van der Waals surface area contributed by atoms with Gasteiger partial charge in [0.1, 0.15) is 5.75 Å². The van der Waals surface area contributed by atoms with Crippen molar-refractivity contribution in [1.82, 2.24) is 0 Å². The molecule has 1 rings (SSSR count). The third-order valence-electron chi connectivity index (χ3n) is 1.37. The van der Waals surface area contributed by atoms with E-state index in [9.17, 15) is 0 Å². The van der Waals surface area contributed by atoms with Crippen molar-refractivity contribution in [3.63, 3.8) is 0 Å². The second kappa shape index (κ2) is 2.97. The van der Waals surface area contributed by atoms with Gasteiger partial charge in [-0.15, -0.1) is 0 Å². The van der Waals surface area contributed by atoms with E-state index in [1.165, 1.54) is 4.90 Å². The van der Waals surface area contributed by atoms with Gasteiger partial charge in [0, 0.05) is 0 Å². The first-order chi connectivity index (χ1) is 4.70. The zero-order valence-electron chi connectivity index (χ0n) is 6.20. The number of hydrogen-bond donors (Lipinski definition) is 2. The fourth-order valence-electron chi connectivity index (χ4n) is 0.751. The molecule has 0 bridgehead atoms. The molecule has 0 spiro atoms. The maximum Gasteiger partial charge on any atom is 0.115 e. The Labute approximate surface area is 64.0 Å². The van der Waals surface area contributed by atoms with Crippen molar-refractivity contribution in [2.75, 3.05) is 12.5 Å². The molecule has 0 fully saturated rings. The van der Waals surface area contributed by atoms with Gasteiger partial charge in [0.05, 0.1) is 0 Å². The molecule has 0 aliphatic heterocycles. The Hall–Kier alpha value is -0.630. The molecule has 0 radical (unpaired) electrons. The summed E-state index contributed by atoms with van der Waals surface area (Å²) in [6.07, 6.45) is 4.39. The third kappa shape index (κ3) is 1.67. The predicted molar refractivity (Wildman–Crippen MR) is 47.2 cm³/mol. The number of phenolic OH excluding ortho intramolecular Hbond substituents is 1.